The Morgan fingerprint density at radius 3 is 2.21 bits per heavy atom. The van der Waals surface area contributed by atoms with Gasteiger partial charge in [0.2, 0.25) is 0 Å². The van der Waals surface area contributed by atoms with E-state index >= 15 is 0 Å². The van der Waals surface area contributed by atoms with Crippen molar-refractivity contribution >= 4 is 52.4 Å². The number of nitrogens with one attached hydrogen (secondary N) is 2. The molecule has 0 saturated heterocycles. The lowest BCUT2D eigenvalue weighted by molar-refractivity contribution is -0.120. The number of imide groups is 1. The number of carbonyl (C=O) groups is 4. The van der Waals surface area contributed by atoms with Crippen LogP contribution in [-0.4, -0.2) is 43.0 Å². The first-order chi connectivity index (χ1) is 18.1. The highest BCUT2D eigenvalue weighted by atomic mass is 35.5. The van der Waals surface area contributed by atoms with Crippen molar-refractivity contribution < 1.29 is 33.8 Å². The van der Waals surface area contributed by atoms with Crippen LogP contribution in [0.5, 0.6) is 11.5 Å². The molecule has 0 unspecified atom stereocenters. The zero-order valence-corrected chi connectivity index (χ0v) is 21.3. The lowest BCUT2D eigenvalue weighted by Crippen LogP contribution is -2.32. The van der Waals surface area contributed by atoms with Gasteiger partial charge < -0.3 is 25.2 Å². The molecule has 0 radical (unpaired) electrons. The summed E-state index contributed by atoms with van der Waals surface area (Å²) in [6, 6.07) is 15.1. The van der Waals surface area contributed by atoms with Gasteiger partial charge >= 0.3 is 5.97 Å². The van der Waals surface area contributed by atoms with Gasteiger partial charge in [0.15, 0.2) is 0 Å². The molecule has 38 heavy (non-hydrogen) atoms. The summed E-state index contributed by atoms with van der Waals surface area (Å²) in [5, 5.41) is 14.3. The molecule has 4 rings (SSSR count). The molecule has 194 valence electrons. The van der Waals surface area contributed by atoms with E-state index in [4.69, 9.17) is 26.2 Å². The molecule has 1 aliphatic rings. The van der Waals surface area contributed by atoms with Crippen LogP contribution >= 0.6 is 11.6 Å². The minimum absolute atomic E-state index is 0.0899. The van der Waals surface area contributed by atoms with Gasteiger partial charge in [-0.25, -0.2) is 9.69 Å². The minimum Gasteiger partial charge on any atom is -0.497 e. The predicted octanol–water partition coefficient (Wildman–Crippen LogP) is 4.40. The highest BCUT2D eigenvalue weighted by Gasteiger charge is 2.40. The Kier molecular flexibility index (Phi) is 7.35. The van der Waals surface area contributed by atoms with Crippen molar-refractivity contribution in [1.82, 2.24) is 0 Å². The Labute approximate surface area is 222 Å². The van der Waals surface area contributed by atoms with Crippen molar-refractivity contribution in [2.24, 2.45) is 0 Å². The maximum absolute atomic E-state index is 13.3. The maximum atomic E-state index is 13.3. The van der Waals surface area contributed by atoms with Gasteiger partial charge in [-0.1, -0.05) is 17.7 Å². The second-order valence-electron chi connectivity index (χ2n) is 8.16. The third-order valence-electron chi connectivity index (χ3n) is 5.80. The summed E-state index contributed by atoms with van der Waals surface area (Å²) in [6.45, 7) is 1.76. The normalized spacial score (nSPS) is 13.0. The van der Waals surface area contributed by atoms with E-state index in [-0.39, 0.29) is 33.3 Å². The summed E-state index contributed by atoms with van der Waals surface area (Å²) in [7, 11) is 2.88. The fourth-order valence-electron chi connectivity index (χ4n) is 3.73. The number of nitrogens with zero attached hydrogens (tertiary/aromatic N) is 1. The van der Waals surface area contributed by atoms with Gasteiger partial charge in [0.05, 0.1) is 25.5 Å². The third kappa shape index (κ3) is 5.02. The Balaban J connectivity index is 1.57. The van der Waals surface area contributed by atoms with Crippen LogP contribution in [-0.2, 0) is 9.59 Å². The first-order valence-corrected chi connectivity index (χ1v) is 11.6. The monoisotopic (exact) mass is 535 g/mol. The molecule has 0 spiro atoms. The van der Waals surface area contributed by atoms with Crippen LogP contribution in [0.2, 0.25) is 0 Å². The van der Waals surface area contributed by atoms with Crippen molar-refractivity contribution in [2.75, 3.05) is 29.8 Å². The number of aryl methyl sites for hydroxylation is 1. The summed E-state index contributed by atoms with van der Waals surface area (Å²) in [5.74, 6) is -2.26. The summed E-state index contributed by atoms with van der Waals surface area (Å²) in [5.41, 5.74) is 1.86. The largest absolute Gasteiger partial charge is 0.497 e. The number of amides is 3. The lowest BCUT2D eigenvalue weighted by Gasteiger charge is -2.19. The molecule has 10 nitrogen and oxygen atoms in total. The van der Waals surface area contributed by atoms with Gasteiger partial charge in [0, 0.05) is 23.0 Å². The second kappa shape index (κ2) is 10.7. The standard InChI is InChI=1S/C27H22ClN3O7/c1-14-4-5-16(24(32)29-17-8-6-15(7-9-17)27(35)36)12-19(14)30-23-22(28)25(33)31(26(23)34)20-11-10-18(37-2)13-21(20)38-3/h4-13,30H,1-3H3,(H,29,32)(H,35,36). The van der Waals surface area contributed by atoms with E-state index in [0.29, 0.717) is 22.7 Å². The van der Waals surface area contributed by atoms with Crippen LogP contribution in [0.25, 0.3) is 0 Å². The van der Waals surface area contributed by atoms with Gasteiger partial charge in [-0.3, -0.25) is 14.4 Å². The summed E-state index contributed by atoms with van der Waals surface area (Å²) in [6.07, 6.45) is 0. The Morgan fingerprint density at radius 1 is 0.895 bits per heavy atom. The van der Waals surface area contributed by atoms with Crippen molar-refractivity contribution in [3.63, 3.8) is 0 Å². The molecule has 0 bridgehead atoms. The molecule has 3 aromatic carbocycles. The Morgan fingerprint density at radius 2 is 1.58 bits per heavy atom. The van der Waals surface area contributed by atoms with Crippen LogP contribution < -0.4 is 25.0 Å². The molecule has 0 aromatic heterocycles. The van der Waals surface area contributed by atoms with E-state index < -0.39 is 23.7 Å². The summed E-state index contributed by atoms with van der Waals surface area (Å²) < 4.78 is 10.5. The molecule has 0 fully saturated rings. The van der Waals surface area contributed by atoms with Crippen LogP contribution in [0, 0.1) is 6.92 Å². The van der Waals surface area contributed by atoms with Gasteiger partial charge in [-0.05, 0) is 61.0 Å². The van der Waals surface area contributed by atoms with Crippen LogP contribution in [0.3, 0.4) is 0 Å². The third-order valence-corrected chi connectivity index (χ3v) is 6.15. The van der Waals surface area contributed by atoms with E-state index in [0.717, 1.165) is 4.90 Å². The molecule has 3 N–H and O–H groups in total. The van der Waals surface area contributed by atoms with Crippen molar-refractivity contribution in [3.05, 3.63) is 88.1 Å². The number of ether oxygens (including phenoxy) is 2. The number of methoxy groups -OCH3 is 2. The van der Waals surface area contributed by atoms with E-state index in [1.807, 2.05) is 0 Å². The molecular formula is C27H22ClN3O7. The minimum atomic E-state index is -1.07. The van der Waals surface area contributed by atoms with Crippen molar-refractivity contribution in [1.29, 1.82) is 0 Å². The fourth-order valence-corrected chi connectivity index (χ4v) is 3.94. The average molecular weight is 536 g/mol. The lowest BCUT2D eigenvalue weighted by atomic mass is 10.1. The second-order valence-corrected chi connectivity index (χ2v) is 8.54. The quantitative estimate of drug-likeness (QED) is 0.361. The van der Waals surface area contributed by atoms with Gasteiger partial charge in [-0.15, -0.1) is 0 Å². The Bertz CT molecular complexity index is 1500. The topological polar surface area (TPSA) is 134 Å². The highest BCUT2D eigenvalue weighted by Crippen LogP contribution is 2.38. The van der Waals surface area contributed by atoms with Crippen LogP contribution in [0.1, 0.15) is 26.3 Å². The average Bonchev–Trinajstić information content (AvgIpc) is 3.12. The van der Waals surface area contributed by atoms with E-state index in [1.165, 1.54) is 56.7 Å². The molecule has 3 aromatic rings. The predicted molar refractivity (Wildman–Crippen MR) is 141 cm³/mol. The first kappa shape index (κ1) is 26.2. The number of aromatic carboxylic acids is 1. The molecule has 3 amide bonds. The number of carboxylic acid groups (broad SMARTS) is 1. The van der Waals surface area contributed by atoms with E-state index in [1.54, 1.807) is 25.1 Å². The number of halogens is 1. The summed E-state index contributed by atoms with van der Waals surface area (Å²) in [4.78, 5) is 51.0. The molecule has 0 aliphatic carbocycles. The van der Waals surface area contributed by atoms with Crippen molar-refractivity contribution in [3.8, 4) is 11.5 Å². The number of benzene rings is 3. The number of hydrogen-bond donors (Lipinski definition) is 3. The SMILES string of the molecule is COc1ccc(N2C(=O)C(Cl)=C(Nc3cc(C(=O)Nc4ccc(C(=O)O)cc4)ccc3C)C2=O)c(OC)c1. The molecular weight excluding hydrogens is 514 g/mol. The molecule has 0 saturated carbocycles. The first-order valence-electron chi connectivity index (χ1n) is 11.2. The van der Waals surface area contributed by atoms with Crippen LogP contribution in [0.4, 0.5) is 17.1 Å². The van der Waals surface area contributed by atoms with Gasteiger partial charge in [0.1, 0.15) is 22.2 Å². The molecule has 11 heteroatoms. The molecule has 1 aliphatic heterocycles. The number of carboxylic acids is 1. The summed E-state index contributed by atoms with van der Waals surface area (Å²) >= 11 is 6.29. The van der Waals surface area contributed by atoms with E-state index in [2.05, 4.69) is 10.6 Å². The van der Waals surface area contributed by atoms with Crippen LogP contribution in [0.15, 0.2) is 71.4 Å². The van der Waals surface area contributed by atoms with Gasteiger partial charge in [-0.2, -0.15) is 0 Å². The molecule has 1 heterocycles. The van der Waals surface area contributed by atoms with Gasteiger partial charge in [0.25, 0.3) is 17.7 Å². The number of rotatable bonds is 8. The zero-order valence-electron chi connectivity index (χ0n) is 20.5. The maximum Gasteiger partial charge on any atom is 0.335 e. The Hall–Kier alpha value is -4.83. The zero-order chi connectivity index (χ0) is 27.6. The molecule has 0 atom stereocenters. The highest BCUT2D eigenvalue weighted by molar-refractivity contribution is 6.53. The number of anilines is 3. The van der Waals surface area contributed by atoms with Crippen molar-refractivity contribution in [2.45, 2.75) is 6.92 Å². The number of hydrogen-bond acceptors (Lipinski definition) is 7. The fraction of sp³-hybridized carbons (Fsp3) is 0.111. The van der Waals surface area contributed by atoms with E-state index in [9.17, 15) is 19.2 Å². The number of carbonyl (C=O) groups excluding carboxylic acids is 3. The smallest absolute Gasteiger partial charge is 0.335 e.